The highest BCUT2D eigenvalue weighted by Gasteiger charge is 1.97. The highest BCUT2D eigenvalue weighted by atomic mass is 35.5. The number of halogens is 1. The summed E-state index contributed by atoms with van der Waals surface area (Å²) >= 11 is 5.23. The summed E-state index contributed by atoms with van der Waals surface area (Å²) in [5.41, 5.74) is 2.13. The lowest BCUT2D eigenvalue weighted by molar-refractivity contribution is -0.111. The molecule has 0 fully saturated rings. The van der Waals surface area contributed by atoms with Gasteiger partial charge in [-0.25, -0.2) is 0 Å². The molecule has 0 amide bonds. The zero-order valence-corrected chi connectivity index (χ0v) is 7.06. The van der Waals surface area contributed by atoms with Gasteiger partial charge in [0.15, 0.2) is 0 Å². The normalized spacial score (nSPS) is 9.64. The summed E-state index contributed by atoms with van der Waals surface area (Å²) in [6.45, 7) is 1.99. The Morgan fingerprint density at radius 2 is 2.27 bits per heavy atom. The van der Waals surface area contributed by atoms with Crippen molar-refractivity contribution >= 4 is 16.8 Å². The number of carbonyl (C=O) groups is 1. The van der Waals surface area contributed by atoms with Crippen molar-refractivity contribution in [2.75, 3.05) is 0 Å². The van der Waals surface area contributed by atoms with Gasteiger partial charge >= 0.3 is 0 Å². The molecule has 1 rings (SSSR count). The van der Waals surface area contributed by atoms with Gasteiger partial charge in [0, 0.05) is 6.42 Å². The Bertz CT molecular complexity index is 268. The molecule has 0 spiro atoms. The molecule has 1 nitrogen and oxygen atoms in total. The zero-order chi connectivity index (χ0) is 8.27. The van der Waals surface area contributed by atoms with Gasteiger partial charge in [-0.2, -0.15) is 0 Å². The van der Waals surface area contributed by atoms with Crippen LogP contribution in [-0.2, 0) is 11.2 Å². The third-order valence-electron chi connectivity index (χ3n) is 1.43. The molecular formula is C9H9ClO. The monoisotopic (exact) mass is 168 g/mol. The van der Waals surface area contributed by atoms with E-state index in [1.165, 1.54) is 0 Å². The number of hydrogen-bond acceptors (Lipinski definition) is 1. The van der Waals surface area contributed by atoms with Crippen LogP contribution in [0.2, 0.25) is 0 Å². The van der Waals surface area contributed by atoms with E-state index in [1.807, 2.05) is 31.2 Å². The lowest BCUT2D eigenvalue weighted by Crippen LogP contribution is -1.92. The Labute approximate surface area is 71.0 Å². The molecule has 0 bridgehead atoms. The van der Waals surface area contributed by atoms with Crippen molar-refractivity contribution in [1.29, 1.82) is 0 Å². The van der Waals surface area contributed by atoms with Crippen LogP contribution in [0.25, 0.3) is 0 Å². The summed E-state index contributed by atoms with van der Waals surface area (Å²) in [7, 11) is 0. The van der Waals surface area contributed by atoms with Crippen molar-refractivity contribution < 1.29 is 4.79 Å². The second-order valence-corrected chi connectivity index (χ2v) is 2.94. The summed E-state index contributed by atoms with van der Waals surface area (Å²) in [6, 6.07) is 7.76. The summed E-state index contributed by atoms with van der Waals surface area (Å²) in [5.74, 6) is 0. The van der Waals surface area contributed by atoms with Gasteiger partial charge in [-0.3, -0.25) is 4.79 Å². The fourth-order valence-corrected chi connectivity index (χ4v) is 1.14. The largest absolute Gasteiger partial charge is 0.281 e. The maximum Gasteiger partial charge on any atom is 0.226 e. The molecule has 11 heavy (non-hydrogen) atoms. The van der Waals surface area contributed by atoms with Crippen LogP contribution in [0.15, 0.2) is 24.3 Å². The Kier molecular flexibility index (Phi) is 2.66. The molecule has 0 aromatic heterocycles. The highest BCUT2D eigenvalue weighted by molar-refractivity contribution is 6.63. The van der Waals surface area contributed by atoms with E-state index in [9.17, 15) is 4.79 Å². The molecule has 2 heteroatoms. The van der Waals surface area contributed by atoms with E-state index in [2.05, 4.69) is 0 Å². The average molecular weight is 169 g/mol. The minimum Gasteiger partial charge on any atom is -0.281 e. The lowest BCUT2D eigenvalue weighted by Gasteiger charge is -1.96. The SMILES string of the molecule is Cc1cccc(CC(=O)Cl)c1. The highest BCUT2D eigenvalue weighted by Crippen LogP contribution is 2.05. The minimum absolute atomic E-state index is 0.310. The average Bonchev–Trinajstić information content (AvgIpc) is 1.85. The predicted molar refractivity (Wildman–Crippen MR) is 45.7 cm³/mol. The van der Waals surface area contributed by atoms with Crippen LogP contribution in [0.5, 0.6) is 0 Å². The molecule has 0 aliphatic rings. The molecule has 58 valence electrons. The summed E-state index contributed by atoms with van der Waals surface area (Å²) in [6.07, 6.45) is 0.323. The van der Waals surface area contributed by atoms with Crippen LogP contribution in [-0.4, -0.2) is 5.24 Å². The van der Waals surface area contributed by atoms with Crippen molar-refractivity contribution in [3.63, 3.8) is 0 Å². The molecule has 1 aromatic rings. The van der Waals surface area contributed by atoms with Crippen molar-refractivity contribution in [2.45, 2.75) is 13.3 Å². The van der Waals surface area contributed by atoms with Gasteiger partial charge in [0.1, 0.15) is 0 Å². The molecule has 0 atom stereocenters. The van der Waals surface area contributed by atoms with E-state index in [4.69, 9.17) is 11.6 Å². The molecule has 0 saturated heterocycles. The van der Waals surface area contributed by atoms with Gasteiger partial charge in [0.2, 0.25) is 5.24 Å². The van der Waals surface area contributed by atoms with Crippen LogP contribution in [0, 0.1) is 6.92 Å². The van der Waals surface area contributed by atoms with Gasteiger partial charge in [0.25, 0.3) is 0 Å². The van der Waals surface area contributed by atoms with Crippen molar-refractivity contribution in [2.24, 2.45) is 0 Å². The van der Waals surface area contributed by atoms with Gasteiger partial charge in [0.05, 0.1) is 0 Å². The van der Waals surface area contributed by atoms with Crippen LogP contribution in [0.3, 0.4) is 0 Å². The van der Waals surface area contributed by atoms with Crippen LogP contribution >= 0.6 is 11.6 Å². The lowest BCUT2D eigenvalue weighted by atomic mass is 10.1. The molecule has 0 saturated carbocycles. The minimum atomic E-state index is -0.310. The number of aryl methyl sites for hydroxylation is 1. The maximum atomic E-state index is 10.5. The molecule has 1 aromatic carbocycles. The number of benzene rings is 1. The molecule has 0 N–H and O–H groups in total. The first-order chi connectivity index (χ1) is 5.18. The van der Waals surface area contributed by atoms with E-state index in [1.54, 1.807) is 0 Å². The quantitative estimate of drug-likeness (QED) is 0.620. The predicted octanol–water partition coefficient (Wildman–Crippen LogP) is 2.30. The first kappa shape index (κ1) is 8.28. The van der Waals surface area contributed by atoms with Gasteiger partial charge in [-0.15, -0.1) is 0 Å². The molecular weight excluding hydrogens is 160 g/mol. The van der Waals surface area contributed by atoms with Gasteiger partial charge < -0.3 is 0 Å². The van der Waals surface area contributed by atoms with E-state index in [0.29, 0.717) is 6.42 Å². The van der Waals surface area contributed by atoms with Crippen LogP contribution in [0.1, 0.15) is 11.1 Å². The Balaban J connectivity index is 2.79. The van der Waals surface area contributed by atoms with E-state index >= 15 is 0 Å². The first-order valence-corrected chi connectivity index (χ1v) is 3.80. The number of carbonyl (C=O) groups excluding carboxylic acids is 1. The summed E-state index contributed by atoms with van der Waals surface area (Å²) < 4.78 is 0. The van der Waals surface area contributed by atoms with Crippen molar-refractivity contribution in [3.8, 4) is 0 Å². The van der Waals surface area contributed by atoms with Gasteiger partial charge in [-0.05, 0) is 24.1 Å². The van der Waals surface area contributed by atoms with E-state index in [-0.39, 0.29) is 5.24 Å². The van der Waals surface area contributed by atoms with Crippen molar-refractivity contribution in [1.82, 2.24) is 0 Å². The van der Waals surface area contributed by atoms with Crippen LogP contribution < -0.4 is 0 Å². The van der Waals surface area contributed by atoms with Crippen LogP contribution in [0.4, 0.5) is 0 Å². The maximum absolute atomic E-state index is 10.5. The standard InChI is InChI=1S/C9H9ClO/c1-7-3-2-4-8(5-7)6-9(10)11/h2-5H,6H2,1H3. The second kappa shape index (κ2) is 3.54. The molecule has 0 aliphatic heterocycles. The van der Waals surface area contributed by atoms with Crippen molar-refractivity contribution in [3.05, 3.63) is 35.4 Å². The molecule has 0 radical (unpaired) electrons. The Hall–Kier alpha value is -0.820. The fraction of sp³-hybridized carbons (Fsp3) is 0.222. The summed E-state index contributed by atoms with van der Waals surface area (Å²) in [4.78, 5) is 10.5. The smallest absolute Gasteiger partial charge is 0.226 e. The third-order valence-corrected chi connectivity index (χ3v) is 1.56. The number of hydrogen-bond donors (Lipinski definition) is 0. The van der Waals surface area contributed by atoms with E-state index < -0.39 is 0 Å². The zero-order valence-electron chi connectivity index (χ0n) is 6.30. The molecule has 0 heterocycles. The first-order valence-electron chi connectivity index (χ1n) is 3.42. The topological polar surface area (TPSA) is 17.1 Å². The second-order valence-electron chi connectivity index (χ2n) is 2.52. The Morgan fingerprint density at radius 1 is 1.55 bits per heavy atom. The van der Waals surface area contributed by atoms with Gasteiger partial charge in [-0.1, -0.05) is 29.8 Å². The fourth-order valence-electron chi connectivity index (χ4n) is 0.983. The van der Waals surface area contributed by atoms with E-state index in [0.717, 1.165) is 11.1 Å². The Morgan fingerprint density at radius 3 is 2.82 bits per heavy atom. The molecule has 0 unspecified atom stereocenters. The summed E-state index contributed by atoms with van der Waals surface area (Å²) in [5, 5.41) is -0.310. The number of rotatable bonds is 2. The third kappa shape index (κ3) is 2.72. The molecule has 0 aliphatic carbocycles.